The second-order valence-electron chi connectivity index (χ2n) is 14.1. The summed E-state index contributed by atoms with van der Waals surface area (Å²) in [7, 11) is 0. The molecule has 0 unspecified atom stereocenters. The first kappa shape index (κ1) is 30.8. The van der Waals surface area contributed by atoms with E-state index >= 15 is 0 Å². The Morgan fingerprint density at radius 2 is 1.13 bits per heavy atom. The summed E-state index contributed by atoms with van der Waals surface area (Å²) in [6.07, 6.45) is 0. The predicted molar refractivity (Wildman–Crippen MR) is 236 cm³/mol. The molecule has 4 heterocycles. The van der Waals surface area contributed by atoms with Gasteiger partial charge in [-0.3, -0.25) is 0 Å². The zero-order valence-corrected chi connectivity index (χ0v) is 31.0. The topological polar surface area (TPSA) is 30.7 Å². The van der Waals surface area contributed by atoms with E-state index in [1.807, 2.05) is 11.3 Å². The number of thiophene rings is 2. The Labute approximate surface area is 324 Å². The molecule has 0 radical (unpaired) electrons. The zero-order chi connectivity index (χ0) is 36.0. The third-order valence-electron chi connectivity index (χ3n) is 11.0. The second-order valence-corrected chi connectivity index (χ2v) is 16.3. The monoisotopic (exact) mass is 735 g/mol. The number of para-hydroxylation sites is 1. The van der Waals surface area contributed by atoms with Crippen LogP contribution in [-0.2, 0) is 0 Å². The van der Waals surface area contributed by atoms with Gasteiger partial charge in [0.1, 0.15) is 0 Å². The Morgan fingerprint density at radius 3 is 2.00 bits per heavy atom. The lowest BCUT2D eigenvalue weighted by atomic mass is 10.0. The second kappa shape index (κ2) is 11.9. The van der Waals surface area contributed by atoms with Crippen LogP contribution in [0.3, 0.4) is 0 Å². The lowest BCUT2D eigenvalue weighted by Gasteiger charge is -2.10. The Morgan fingerprint density at radius 1 is 0.418 bits per heavy atom. The van der Waals surface area contributed by atoms with Crippen molar-refractivity contribution in [3.8, 4) is 39.5 Å². The van der Waals surface area contributed by atoms with Crippen molar-refractivity contribution in [3.63, 3.8) is 0 Å². The fourth-order valence-electron chi connectivity index (χ4n) is 8.43. The minimum absolute atomic E-state index is 0.752. The Hall–Kier alpha value is -6.66. The molecule has 0 aliphatic rings. The molecule has 0 saturated carbocycles. The predicted octanol–water partition coefficient (Wildman–Crippen LogP) is 14.5. The fraction of sp³-hybridized carbons (Fsp3) is 0. The molecule has 4 aromatic heterocycles. The van der Waals surface area contributed by atoms with E-state index in [0.717, 1.165) is 38.5 Å². The van der Waals surface area contributed by atoms with E-state index in [1.54, 1.807) is 11.3 Å². The van der Waals surface area contributed by atoms with E-state index in [9.17, 15) is 0 Å². The van der Waals surface area contributed by atoms with Crippen LogP contribution in [0.15, 0.2) is 176 Å². The maximum Gasteiger partial charge on any atom is 0.161 e. The summed E-state index contributed by atoms with van der Waals surface area (Å²) in [5, 5.41) is 8.62. The van der Waals surface area contributed by atoms with Gasteiger partial charge in [-0.05, 0) is 64.4 Å². The molecule has 0 spiro atoms. The summed E-state index contributed by atoms with van der Waals surface area (Å²) < 4.78 is 7.23. The minimum Gasteiger partial charge on any atom is -0.309 e. The standard InChI is InChI=1S/C50H29N3S2/c1-2-11-30(12-3-1)31-21-23-32(24-22-31)47-49-48(38-16-7-9-19-43(38)55-49)52-50(51-47)39-17-10-20-44-46(39)37-26-25-35(29-45(37)54-44)53-41-18-8-6-15-36(41)40-27-33-13-4-5-14-34(33)28-42(40)53/h1-29H. The molecule has 256 valence electrons. The van der Waals surface area contributed by atoms with Crippen molar-refractivity contribution >= 4 is 95.7 Å². The summed E-state index contributed by atoms with van der Waals surface area (Å²) in [6, 6.07) is 63.6. The average molecular weight is 736 g/mol. The van der Waals surface area contributed by atoms with Gasteiger partial charge in [-0.1, -0.05) is 133 Å². The molecule has 0 aliphatic heterocycles. The van der Waals surface area contributed by atoms with Crippen molar-refractivity contribution in [2.24, 2.45) is 0 Å². The van der Waals surface area contributed by atoms with Crippen LogP contribution in [0.5, 0.6) is 0 Å². The molecule has 0 saturated heterocycles. The van der Waals surface area contributed by atoms with Crippen molar-refractivity contribution in [3.05, 3.63) is 176 Å². The van der Waals surface area contributed by atoms with Crippen molar-refractivity contribution in [1.29, 1.82) is 0 Å². The van der Waals surface area contributed by atoms with Gasteiger partial charge in [-0.25, -0.2) is 9.97 Å². The minimum atomic E-state index is 0.752. The highest BCUT2D eigenvalue weighted by Gasteiger charge is 2.20. The van der Waals surface area contributed by atoms with E-state index in [-0.39, 0.29) is 0 Å². The summed E-state index contributed by atoms with van der Waals surface area (Å²) >= 11 is 3.61. The van der Waals surface area contributed by atoms with Gasteiger partial charge in [-0.15, -0.1) is 22.7 Å². The largest absolute Gasteiger partial charge is 0.309 e. The Balaban J connectivity index is 1.06. The van der Waals surface area contributed by atoms with Gasteiger partial charge in [0.05, 0.1) is 26.9 Å². The number of benzene rings is 8. The lowest BCUT2D eigenvalue weighted by Crippen LogP contribution is -1.94. The first-order valence-corrected chi connectivity index (χ1v) is 20.1. The molecule has 55 heavy (non-hydrogen) atoms. The van der Waals surface area contributed by atoms with E-state index in [2.05, 4.69) is 180 Å². The Kier molecular flexibility index (Phi) is 6.67. The molecule has 12 aromatic rings. The molecule has 0 fully saturated rings. The molecule has 0 bridgehead atoms. The number of hydrogen-bond donors (Lipinski definition) is 0. The summed E-state index contributed by atoms with van der Waals surface area (Å²) in [4.78, 5) is 10.8. The first-order chi connectivity index (χ1) is 27.2. The van der Waals surface area contributed by atoms with Crippen molar-refractivity contribution in [2.45, 2.75) is 0 Å². The van der Waals surface area contributed by atoms with Crippen LogP contribution in [0.2, 0.25) is 0 Å². The number of hydrogen-bond acceptors (Lipinski definition) is 4. The maximum absolute atomic E-state index is 5.43. The van der Waals surface area contributed by atoms with Crippen LogP contribution in [0, 0.1) is 0 Å². The molecule has 0 aliphatic carbocycles. The average Bonchev–Trinajstić information content (AvgIpc) is 3.92. The molecule has 5 heteroatoms. The number of nitrogens with zero attached hydrogens (tertiary/aromatic N) is 3. The molecule has 3 nitrogen and oxygen atoms in total. The van der Waals surface area contributed by atoms with E-state index in [0.29, 0.717) is 0 Å². The van der Waals surface area contributed by atoms with Crippen molar-refractivity contribution in [1.82, 2.24) is 14.5 Å². The SMILES string of the molecule is c1ccc(-c2ccc(-c3nc(-c4cccc5sc6cc(-n7c8ccccc8c8cc9ccccc9cc87)ccc6c45)nc4c3sc3ccccc34)cc2)cc1. The number of rotatable bonds is 4. The van der Waals surface area contributed by atoms with Crippen LogP contribution in [0.1, 0.15) is 0 Å². The van der Waals surface area contributed by atoms with Gasteiger partial charge < -0.3 is 4.57 Å². The highest BCUT2D eigenvalue weighted by molar-refractivity contribution is 7.26. The third-order valence-corrected chi connectivity index (χ3v) is 13.3. The van der Waals surface area contributed by atoms with E-state index in [4.69, 9.17) is 9.97 Å². The van der Waals surface area contributed by atoms with Gasteiger partial charge in [0.2, 0.25) is 0 Å². The zero-order valence-electron chi connectivity index (χ0n) is 29.4. The summed E-state index contributed by atoms with van der Waals surface area (Å²) in [6.45, 7) is 0. The van der Waals surface area contributed by atoms with Crippen LogP contribution >= 0.6 is 22.7 Å². The van der Waals surface area contributed by atoms with Crippen LogP contribution in [-0.4, -0.2) is 14.5 Å². The Bertz CT molecular complexity index is 3480. The van der Waals surface area contributed by atoms with Crippen molar-refractivity contribution < 1.29 is 0 Å². The van der Waals surface area contributed by atoms with Gasteiger partial charge in [0.15, 0.2) is 5.82 Å². The highest BCUT2D eigenvalue weighted by Crippen LogP contribution is 2.44. The number of aromatic nitrogens is 3. The van der Waals surface area contributed by atoms with Crippen LogP contribution in [0.4, 0.5) is 0 Å². The van der Waals surface area contributed by atoms with Gasteiger partial charge in [0.25, 0.3) is 0 Å². The van der Waals surface area contributed by atoms with Crippen molar-refractivity contribution in [2.75, 3.05) is 0 Å². The lowest BCUT2D eigenvalue weighted by molar-refractivity contribution is 1.19. The maximum atomic E-state index is 5.43. The van der Waals surface area contributed by atoms with Gasteiger partial charge in [-0.2, -0.15) is 0 Å². The van der Waals surface area contributed by atoms with Gasteiger partial charge in [0, 0.05) is 57.8 Å². The quantitative estimate of drug-likeness (QED) is 0.180. The summed E-state index contributed by atoms with van der Waals surface area (Å²) in [5.41, 5.74) is 10.1. The van der Waals surface area contributed by atoms with Gasteiger partial charge >= 0.3 is 0 Å². The smallest absolute Gasteiger partial charge is 0.161 e. The molecule has 0 atom stereocenters. The first-order valence-electron chi connectivity index (χ1n) is 18.5. The molecule has 0 N–H and O–H groups in total. The number of fused-ring (bicyclic) bond motifs is 10. The molecule has 8 aromatic carbocycles. The fourth-order valence-corrected chi connectivity index (χ4v) is 10.8. The third kappa shape index (κ3) is 4.74. The molecular formula is C50H29N3S2. The van der Waals surface area contributed by atoms with Crippen LogP contribution in [0.25, 0.3) is 113 Å². The molecule has 12 rings (SSSR count). The highest BCUT2D eigenvalue weighted by atomic mass is 32.1. The van der Waals surface area contributed by atoms with Crippen LogP contribution < -0.4 is 0 Å². The molecule has 0 amide bonds. The van der Waals surface area contributed by atoms with E-state index in [1.165, 1.54) is 74.0 Å². The summed E-state index contributed by atoms with van der Waals surface area (Å²) in [5.74, 6) is 0.752. The molecular weight excluding hydrogens is 707 g/mol. The van der Waals surface area contributed by atoms with E-state index < -0.39 is 0 Å². The normalized spacial score (nSPS) is 12.0.